The number of rotatable bonds is 0. The van der Waals surface area contributed by atoms with Gasteiger partial charge in [0.2, 0.25) is 0 Å². The summed E-state index contributed by atoms with van der Waals surface area (Å²) in [5.41, 5.74) is -1.66. The third kappa shape index (κ3) is 1.83. The van der Waals surface area contributed by atoms with Gasteiger partial charge < -0.3 is 0 Å². The van der Waals surface area contributed by atoms with Gasteiger partial charge in [-0.25, -0.2) is 4.85 Å². The van der Waals surface area contributed by atoms with Crippen LogP contribution in [0.15, 0.2) is 18.2 Å². The lowest BCUT2D eigenvalue weighted by Gasteiger charge is -2.08. The molecule has 0 N–H and O–H groups in total. The lowest BCUT2D eigenvalue weighted by Crippen LogP contribution is -2.05. The van der Waals surface area contributed by atoms with Crippen molar-refractivity contribution in [1.82, 2.24) is 0 Å². The fourth-order valence-corrected chi connectivity index (χ4v) is 0.930. The first-order valence-corrected chi connectivity index (χ1v) is 3.48. The van der Waals surface area contributed by atoms with Gasteiger partial charge in [-0.05, 0) is 6.07 Å². The first-order chi connectivity index (χ1) is 6.49. The highest BCUT2D eigenvalue weighted by Gasteiger charge is 2.33. The molecule has 0 unspecified atom stereocenters. The molecular weight excluding hydrogens is 193 g/mol. The van der Waals surface area contributed by atoms with Gasteiger partial charge in [0.05, 0.1) is 23.8 Å². The van der Waals surface area contributed by atoms with Crippen LogP contribution in [0, 0.1) is 17.9 Å². The van der Waals surface area contributed by atoms with E-state index in [0.29, 0.717) is 6.07 Å². The predicted octanol–water partition coefficient (Wildman–Crippen LogP) is 3.13. The van der Waals surface area contributed by atoms with Crippen molar-refractivity contribution in [2.24, 2.45) is 0 Å². The lowest BCUT2D eigenvalue weighted by atomic mass is 10.1. The van der Waals surface area contributed by atoms with E-state index >= 15 is 0 Å². The van der Waals surface area contributed by atoms with Crippen molar-refractivity contribution >= 4 is 5.69 Å². The second-order valence-corrected chi connectivity index (χ2v) is 2.45. The summed E-state index contributed by atoms with van der Waals surface area (Å²) in [5.74, 6) is 0. The summed E-state index contributed by atoms with van der Waals surface area (Å²) in [5, 5.41) is 8.40. The molecule has 0 saturated heterocycles. The third-order valence-corrected chi connectivity index (χ3v) is 1.55. The maximum atomic E-state index is 12.3. The van der Waals surface area contributed by atoms with Crippen LogP contribution in [0.3, 0.4) is 0 Å². The summed E-state index contributed by atoms with van der Waals surface area (Å²) >= 11 is 0. The molecule has 0 fully saturated rings. The summed E-state index contributed by atoms with van der Waals surface area (Å²) in [6.45, 7) is 6.53. The minimum Gasteiger partial charge on any atom is -0.238 e. The molecular formula is C9H3F3N2. The van der Waals surface area contributed by atoms with Crippen molar-refractivity contribution in [1.29, 1.82) is 5.26 Å². The Labute approximate surface area is 78.0 Å². The monoisotopic (exact) mass is 196 g/mol. The van der Waals surface area contributed by atoms with Gasteiger partial charge in [-0.1, -0.05) is 12.1 Å². The van der Waals surface area contributed by atoms with E-state index in [9.17, 15) is 13.2 Å². The van der Waals surface area contributed by atoms with Crippen LogP contribution >= 0.6 is 0 Å². The zero-order valence-corrected chi connectivity index (χ0v) is 6.76. The number of nitrogens with zero attached hydrogens (tertiary/aromatic N) is 2. The number of hydrogen-bond donors (Lipinski definition) is 0. The van der Waals surface area contributed by atoms with Gasteiger partial charge in [-0.15, -0.1) is 0 Å². The maximum Gasteiger partial charge on any atom is 0.407 e. The molecule has 1 rings (SSSR count). The Morgan fingerprint density at radius 2 is 2.00 bits per heavy atom. The highest BCUT2D eigenvalue weighted by atomic mass is 19.4. The third-order valence-electron chi connectivity index (χ3n) is 1.55. The van der Waals surface area contributed by atoms with E-state index in [0.717, 1.165) is 6.07 Å². The SMILES string of the molecule is [C-]#[N+]c1ccc(C#N)cc1C(F)(F)F. The fourth-order valence-electron chi connectivity index (χ4n) is 0.930. The molecule has 0 aliphatic heterocycles. The van der Waals surface area contributed by atoms with E-state index in [1.165, 1.54) is 6.07 Å². The molecule has 0 bridgehead atoms. The van der Waals surface area contributed by atoms with Crippen LogP contribution in [-0.4, -0.2) is 0 Å². The van der Waals surface area contributed by atoms with Gasteiger partial charge in [0.25, 0.3) is 0 Å². The summed E-state index contributed by atoms with van der Waals surface area (Å²) in [4.78, 5) is 2.73. The van der Waals surface area contributed by atoms with E-state index in [-0.39, 0.29) is 5.56 Å². The van der Waals surface area contributed by atoms with Gasteiger partial charge in [0.15, 0.2) is 5.69 Å². The summed E-state index contributed by atoms with van der Waals surface area (Å²) in [7, 11) is 0. The standard InChI is InChI=1S/C9H3F3N2/c1-14-8-3-2-6(5-13)4-7(8)9(10,11)12/h2-4H. The molecule has 0 heterocycles. The summed E-state index contributed by atoms with van der Waals surface area (Å²) in [6.07, 6.45) is -4.59. The molecule has 5 heteroatoms. The average Bonchev–Trinajstić information content (AvgIpc) is 2.15. The predicted molar refractivity (Wildman–Crippen MR) is 42.4 cm³/mol. The van der Waals surface area contributed by atoms with Crippen molar-refractivity contribution in [3.8, 4) is 6.07 Å². The molecule has 0 aromatic heterocycles. The Balaban J connectivity index is 3.41. The number of alkyl halides is 3. The first kappa shape index (κ1) is 10.1. The van der Waals surface area contributed by atoms with Gasteiger partial charge in [-0.3, -0.25) is 0 Å². The topological polar surface area (TPSA) is 28.1 Å². The highest BCUT2D eigenvalue weighted by molar-refractivity contribution is 5.56. The minimum atomic E-state index is -4.59. The molecule has 0 aliphatic carbocycles. The molecule has 0 saturated carbocycles. The van der Waals surface area contributed by atoms with Crippen molar-refractivity contribution < 1.29 is 13.2 Å². The van der Waals surface area contributed by atoms with Crippen LogP contribution in [0.2, 0.25) is 0 Å². The number of halogens is 3. The van der Waals surface area contributed by atoms with Gasteiger partial charge in [-0.2, -0.15) is 18.4 Å². The number of benzene rings is 1. The molecule has 0 spiro atoms. The zero-order valence-electron chi connectivity index (χ0n) is 6.76. The number of hydrogen-bond acceptors (Lipinski definition) is 1. The Morgan fingerprint density at radius 1 is 1.36 bits per heavy atom. The molecule has 70 valence electrons. The van der Waals surface area contributed by atoms with E-state index < -0.39 is 17.4 Å². The molecule has 0 radical (unpaired) electrons. The van der Waals surface area contributed by atoms with E-state index in [1.807, 2.05) is 0 Å². The first-order valence-electron chi connectivity index (χ1n) is 3.48. The van der Waals surface area contributed by atoms with E-state index in [2.05, 4.69) is 4.85 Å². The van der Waals surface area contributed by atoms with Gasteiger partial charge in [0.1, 0.15) is 0 Å². The van der Waals surface area contributed by atoms with Crippen molar-refractivity contribution in [3.63, 3.8) is 0 Å². The molecule has 0 aliphatic rings. The van der Waals surface area contributed by atoms with Crippen molar-refractivity contribution in [2.45, 2.75) is 6.18 Å². The van der Waals surface area contributed by atoms with Crippen LogP contribution in [0.5, 0.6) is 0 Å². The van der Waals surface area contributed by atoms with Crippen LogP contribution < -0.4 is 0 Å². The summed E-state index contributed by atoms with van der Waals surface area (Å²) < 4.78 is 36.9. The van der Waals surface area contributed by atoms with Crippen LogP contribution in [0.25, 0.3) is 4.85 Å². The fraction of sp³-hybridized carbons (Fsp3) is 0.111. The Hall–Kier alpha value is -2.01. The van der Waals surface area contributed by atoms with Crippen LogP contribution in [0.1, 0.15) is 11.1 Å². The smallest absolute Gasteiger partial charge is 0.238 e. The molecule has 1 aromatic carbocycles. The van der Waals surface area contributed by atoms with E-state index in [4.69, 9.17) is 11.8 Å². The molecule has 0 amide bonds. The molecule has 2 nitrogen and oxygen atoms in total. The Bertz CT molecular complexity index is 435. The maximum absolute atomic E-state index is 12.3. The highest BCUT2D eigenvalue weighted by Crippen LogP contribution is 2.36. The van der Waals surface area contributed by atoms with E-state index in [1.54, 1.807) is 6.07 Å². The van der Waals surface area contributed by atoms with Crippen LogP contribution in [0.4, 0.5) is 18.9 Å². The second-order valence-electron chi connectivity index (χ2n) is 2.45. The Morgan fingerprint density at radius 3 is 2.43 bits per heavy atom. The minimum absolute atomic E-state index is 0.107. The largest absolute Gasteiger partial charge is 0.407 e. The van der Waals surface area contributed by atoms with Crippen molar-refractivity contribution in [2.75, 3.05) is 0 Å². The lowest BCUT2D eigenvalue weighted by molar-refractivity contribution is -0.136. The van der Waals surface area contributed by atoms with Gasteiger partial charge in [0, 0.05) is 0 Å². The average molecular weight is 196 g/mol. The molecule has 1 aromatic rings. The second kappa shape index (κ2) is 3.39. The van der Waals surface area contributed by atoms with Crippen LogP contribution in [-0.2, 0) is 6.18 Å². The molecule has 0 atom stereocenters. The normalized spacial score (nSPS) is 10.4. The quantitative estimate of drug-likeness (QED) is 0.586. The van der Waals surface area contributed by atoms with Gasteiger partial charge >= 0.3 is 6.18 Å². The zero-order chi connectivity index (χ0) is 10.8. The molecule has 14 heavy (non-hydrogen) atoms. The summed E-state index contributed by atoms with van der Waals surface area (Å²) in [6, 6.07) is 4.44. The van der Waals surface area contributed by atoms with Crippen molar-refractivity contribution in [3.05, 3.63) is 40.7 Å². The Kier molecular flexibility index (Phi) is 2.44. The number of nitriles is 1.